The van der Waals surface area contributed by atoms with Gasteiger partial charge in [-0.2, -0.15) is 0 Å². The molecule has 5 N–H and O–H groups in total. The smallest absolute Gasteiger partial charge is 0.407 e. The highest BCUT2D eigenvalue weighted by Gasteiger charge is 2.29. The van der Waals surface area contributed by atoms with Crippen molar-refractivity contribution in [2.24, 2.45) is 5.73 Å². The Kier molecular flexibility index (Phi) is 7.23. The SMILES string of the molecule is Cc1cc2cc(NC(=O)[C@H](CCCCN)NC(=O)OCC3c4ccccc4-c4ccccc43)ccc2[nH]1. The minimum Gasteiger partial charge on any atom is -0.449 e. The Morgan fingerprint density at radius 1 is 0.973 bits per heavy atom. The second-order valence-electron chi connectivity index (χ2n) is 9.55. The maximum absolute atomic E-state index is 13.2. The molecule has 1 aliphatic rings. The summed E-state index contributed by atoms with van der Waals surface area (Å²) in [5.74, 6) is -0.323. The first-order chi connectivity index (χ1) is 18.0. The molecule has 0 spiro atoms. The number of fused-ring (bicyclic) bond motifs is 4. The molecule has 0 aliphatic heterocycles. The Labute approximate surface area is 216 Å². The zero-order valence-electron chi connectivity index (χ0n) is 20.9. The van der Waals surface area contributed by atoms with Gasteiger partial charge < -0.3 is 26.1 Å². The van der Waals surface area contributed by atoms with E-state index in [0.29, 0.717) is 25.1 Å². The van der Waals surface area contributed by atoms with Gasteiger partial charge in [-0.15, -0.1) is 0 Å². The Morgan fingerprint density at radius 2 is 1.68 bits per heavy atom. The first-order valence-electron chi connectivity index (χ1n) is 12.8. The van der Waals surface area contributed by atoms with Crippen molar-refractivity contribution in [2.45, 2.75) is 38.1 Å². The molecule has 1 aliphatic carbocycles. The van der Waals surface area contributed by atoms with Crippen molar-refractivity contribution in [3.63, 3.8) is 0 Å². The van der Waals surface area contributed by atoms with Crippen LogP contribution in [0.3, 0.4) is 0 Å². The van der Waals surface area contributed by atoms with Crippen LogP contribution < -0.4 is 16.4 Å². The van der Waals surface area contributed by atoms with E-state index in [1.807, 2.05) is 55.5 Å². The number of nitrogens with one attached hydrogen (secondary N) is 3. The number of aromatic nitrogens is 1. The lowest BCUT2D eigenvalue weighted by Crippen LogP contribution is -2.44. The van der Waals surface area contributed by atoms with Gasteiger partial charge in [0.2, 0.25) is 5.91 Å². The number of nitrogens with two attached hydrogens (primary N) is 1. The molecule has 37 heavy (non-hydrogen) atoms. The van der Waals surface area contributed by atoms with Crippen LogP contribution in [0.25, 0.3) is 22.0 Å². The third-order valence-electron chi connectivity index (χ3n) is 6.92. The Morgan fingerprint density at radius 3 is 2.38 bits per heavy atom. The van der Waals surface area contributed by atoms with Crippen LogP contribution in [0.2, 0.25) is 0 Å². The molecular formula is C30H32N4O3. The van der Waals surface area contributed by atoms with Gasteiger partial charge in [0.25, 0.3) is 0 Å². The van der Waals surface area contributed by atoms with Crippen molar-refractivity contribution < 1.29 is 14.3 Å². The third-order valence-corrected chi connectivity index (χ3v) is 6.92. The lowest BCUT2D eigenvalue weighted by molar-refractivity contribution is -0.118. The van der Waals surface area contributed by atoms with Crippen LogP contribution in [-0.4, -0.2) is 36.2 Å². The molecule has 4 aromatic rings. The normalized spacial score (nSPS) is 13.1. The summed E-state index contributed by atoms with van der Waals surface area (Å²) in [5.41, 5.74) is 13.0. The molecule has 0 radical (unpaired) electrons. The molecule has 7 nitrogen and oxygen atoms in total. The second-order valence-corrected chi connectivity index (χ2v) is 9.55. The van der Waals surface area contributed by atoms with Crippen LogP contribution in [0.4, 0.5) is 10.5 Å². The van der Waals surface area contributed by atoms with Crippen LogP contribution in [-0.2, 0) is 9.53 Å². The van der Waals surface area contributed by atoms with Gasteiger partial charge in [-0.25, -0.2) is 4.79 Å². The van der Waals surface area contributed by atoms with Crippen LogP contribution >= 0.6 is 0 Å². The van der Waals surface area contributed by atoms with Crippen molar-refractivity contribution in [3.8, 4) is 11.1 Å². The number of carbonyl (C=O) groups excluding carboxylic acids is 2. The summed E-state index contributed by atoms with van der Waals surface area (Å²) in [6.07, 6.45) is 1.35. The monoisotopic (exact) mass is 496 g/mol. The Hall–Kier alpha value is -4.10. The number of anilines is 1. The number of rotatable bonds is 9. The van der Waals surface area contributed by atoms with Crippen LogP contribution in [0, 0.1) is 6.92 Å². The molecule has 190 valence electrons. The number of aryl methyl sites for hydroxylation is 1. The number of benzene rings is 3. The van der Waals surface area contributed by atoms with Crippen LogP contribution in [0.15, 0.2) is 72.8 Å². The second kappa shape index (κ2) is 10.9. The fourth-order valence-electron chi connectivity index (χ4n) is 5.13. The van der Waals surface area contributed by atoms with E-state index in [-0.39, 0.29) is 18.4 Å². The molecule has 0 saturated carbocycles. The summed E-state index contributed by atoms with van der Waals surface area (Å²) in [7, 11) is 0. The molecule has 0 unspecified atom stereocenters. The van der Waals surface area contributed by atoms with Gasteiger partial charge >= 0.3 is 6.09 Å². The molecule has 5 rings (SSSR count). The van der Waals surface area contributed by atoms with Crippen molar-refractivity contribution in [2.75, 3.05) is 18.5 Å². The molecule has 0 fully saturated rings. The number of alkyl carbamates (subject to hydrolysis) is 1. The minimum atomic E-state index is -0.731. The van der Waals surface area contributed by atoms with Crippen molar-refractivity contribution in [1.29, 1.82) is 0 Å². The zero-order chi connectivity index (χ0) is 25.8. The van der Waals surface area contributed by atoms with Gasteiger partial charge in [0.1, 0.15) is 12.6 Å². The van der Waals surface area contributed by atoms with Crippen molar-refractivity contribution >= 4 is 28.6 Å². The quantitative estimate of drug-likeness (QED) is 0.231. The maximum Gasteiger partial charge on any atom is 0.407 e. The number of aromatic amines is 1. The number of carbonyl (C=O) groups is 2. The summed E-state index contributed by atoms with van der Waals surface area (Å²) >= 11 is 0. The fourth-order valence-corrected chi connectivity index (χ4v) is 5.13. The molecule has 1 heterocycles. The third kappa shape index (κ3) is 5.37. The molecule has 3 aromatic carbocycles. The van der Waals surface area contributed by atoms with Gasteiger partial charge in [-0.3, -0.25) is 4.79 Å². The Balaban J connectivity index is 1.25. The molecule has 0 saturated heterocycles. The summed E-state index contributed by atoms with van der Waals surface area (Å²) in [4.78, 5) is 29.3. The van der Waals surface area contributed by atoms with E-state index in [2.05, 4.69) is 39.9 Å². The number of ether oxygens (including phenoxy) is 1. The number of unbranched alkanes of at least 4 members (excludes halogenated alkanes) is 1. The van der Waals surface area contributed by atoms with Gasteiger partial charge in [0.15, 0.2) is 0 Å². The lowest BCUT2D eigenvalue weighted by Gasteiger charge is -2.20. The summed E-state index contributed by atoms with van der Waals surface area (Å²) in [6, 6.07) is 23.4. The predicted octanol–water partition coefficient (Wildman–Crippen LogP) is 5.45. The lowest BCUT2D eigenvalue weighted by atomic mass is 9.98. The van der Waals surface area contributed by atoms with Gasteiger partial charge in [-0.05, 0) is 79.3 Å². The number of hydrogen-bond acceptors (Lipinski definition) is 4. The largest absolute Gasteiger partial charge is 0.449 e. The van der Waals surface area contributed by atoms with E-state index in [0.717, 1.165) is 34.1 Å². The van der Waals surface area contributed by atoms with Gasteiger partial charge in [0.05, 0.1) is 0 Å². The fraction of sp³-hybridized carbons (Fsp3) is 0.267. The van der Waals surface area contributed by atoms with Crippen LogP contribution in [0.5, 0.6) is 0 Å². The topological polar surface area (TPSA) is 109 Å². The van der Waals surface area contributed by atoms with E-state index in [9.17, 15) is 9.59 Å². The van der Waals surface area contributed by atoms with Crippen LogP contribution in [0.1, 0.15) is 42.0 Å². The van der Waals surface area contributed by atoms with E-state index in [1.165, 1.54) is 11.1 Å². The number of hydrogen-bond donors (Lipinski definition) is 4. The van der Waals surface area contributed by atoms with Gasteiger partial charge in [0, 0.05) is 28.2 Å². The molecule has 0 bridgehead atoms. The molecule has 1 atom stereocenters. The van der Waals surface area contributed by atoms with Gasteiger partial charge in [-0.1, -0.05) is 48.5 Å². The Bertz CT molecular complexity index is 1380. The molecule has 7 heteroatoms. The van der Waals surface area contributed by atoms with E-state index >= 15 is 0 Å². The summed E-state index contributed by atoms with van der Waals surface area (Å²) < 4.78 is 5.68. The molecule has 2 amide bonds. The molecular weight excluding hydrogens is 464 g/mol. The molecule has 1 aromatic heterocycles. The average molecular weight is 497 g/mol. The number of amides is 2. The van der Waals surface area contributed by atoms with Crippen molar-refractivity contribution in [1.82, 2.24) is 10.3 Å². The highest BCUT2D eigenvalue weighted by molar-refractivity contribution is 5.98. The minimum absolute atomic E-state index is 0.0424. The summed E-state index contributed by atoms with van der Waals surface area (Å²) in [6.45, 7) is 2.72. The predicted molar refractivity (Wildman–Crippen MR) is 147 cm³/mol. The highest BCUT2D eigenvalue weighted by atomic mass is 16.5. The highest BCUT2D eigenvalue weighted by Crippen LogP contribution is 2.44. The van der Waals surface area contributed by atoms with E-state index in [4.69, 9.17) is 10.5 Å². The zero-order valence-corrected chi connectivity index (χ0v) is 20.9. The van der Waals surface area contributed by atoms with E-state index in [1.54, 1.807) is 0 Å². The van der Waals surface area contributed by atoms with E-state index < -0.39 is 12.1 Å². The first-order valence-corrected chi connectivity index (χ1v) is 12.8. The van der Waals surface area contributed by atoms with Crippen molar-refractivity contribution in [3.05, 3.63) is 89.6 Å². The number of H-pyrrole nitrogens is 1. The standard InChI is InChI=1S/C30H32N4O3/c1-19-16-20-17-21(13-14-27(20)32-19)33-29(35)28(12-6-7-15-31)34-30(36)37-18-26-24-10-4-2-8-22(24)23-9-3-5-11-25(23)26/h2-5,8-11,13-14,16-17,26,28,32H,6-7,12,15,18,31H2,1H3,(H,33,35)(H,34,36)/t28-/m0/s1. The summed E-state index contributed by atoms with van der Waals surface area (Å²) in [5, 5.41) is 6.75. The maximum atomic E-state index is 13.2. The first kappa shape index (κ1) is 24.6. The average Bonchev–Trinajstić information content (AvgIpc) is 3.43.